The number of rotatable bonds is 2. The molecule has 0 unspecified atom stereocenters. The monoisotopic (exact) mass is 328 g/mol. The molecular weight excluding hydrogens is 314 g/mol. The van der Waals surface area contributed by atoms with E-state index in [4.69, 9.17) is 22.9 Å². The fourth-order valence-electron chi connectivity index (χ4n) is 2.38. The molecule has 2 heterocycles. The third-order valence-corrected chi connectivity index (χ3v) is 3.58. The zero-order valence-electron chi connectivity index (χ0n) is 12.4. The number of anilines is 4. The lowest BCUT2D eigenvalue weighted by Gasteiger charge is -2.15. The molecule has 0 fully saturated rings. The Balaban J connectivity index is 2.40. The number of hydrogen-bond donors (Lipinski definition) is 4. The first kappa shape index (κ1) is 15.5. The Labute approximate surface area is 136 Å². The molecule has 122 valence electrons. The Morgan fingerprint density at radius 2 is 1.54 bits per heavy atom. The number of benzene rings is 1. The average Bonchev–Trinajstić information content (AvgIpc) is 2.55. The first-order chi connectivity index (χ1) is 11.4. The Morgan fingerprint density at radius 1 is 0.833 bits per heavy atom. The van der Waals surface area contributed by atoms with Crippen molar-refractivity contribution < 1.29 is 8.78 Å². The van der Waals surface area contributed by atoms with E-state index >= 15 is 0 Å². The predicted octanol–water partition coefficient (Wildman–Crippen LogP) is 2.42. The van der Waals surface area contributed by atoms with Crippen LogP contribution in [-0.4, -0.2) is 9.97 Å². The van der Waals surface area contributed by atoms with Crippen molar-refractivity contribution >= 4 is 23.0 Å². The number of nitrogens with two attached hydrogens (primary N) is 4. The van der Waals surface area contributed by atoms with Crippen molar-refractivity contribution in [2.24, 2.45) is 0 Å². The summed E-state index contributed by atoms with van der Waals surface area (Å²) in [5.74, 6) is -1.33. The molecule has 3 rings (SSSR count). The van der Waals surface area contributed by atoms with Crippen LogP contribution >= 0.6 is 0 Å². The lowest BCUT2D eigenvalue weighted by atomic mass is 9.97. The van der Waals surface area contributed by atoms with Crippen molar-refractivity contribution in [3.63, 3.8) is 0 Å². The topological polar surface area (TPSA) is 130 Å². The summed E-state index contributed by atoms with van der Waals surface area (Å²) < 4.78 is 28.6. The van der Waals surface area contributed by atoms with Crippen molar-refractivity contribution in [1.29, 1.82) is 0 Å². The minimum atomic E-state index is -0.731. The Bertz CT molecular complexity index is 942. The van der Waals surface area contributed by atoms with Crippen LogP contribution in [0, 0.1) is 11.6 Å². The molecule has 8 heteroatoms. The maximum Gasteiger partial charge on any atom is 0.151 e. The third kappa shape index (κ3) is 2.43. The highest BCUT2D eigenvalue weighted by Crippen LogP contribution is 2.40. The van der Waals surface area contributed by atoms with E-state index in [1.54, 1.807) is 6.07 Å². The zero-order chi connectivity index (χ0) is 17.4. The van der Waals surface area contributed by atoms with Gasteiger partial charge in [0, 0.05) is 16.7 Å². The molecule has 24 heavy (non-hydrogen) atoms. The first-order valence-corrected chi connectivity index (χ1v) is 6.91. The van der Waals surface area contributed by atoms with Crippen LogP contribution in [0.2, 0.25) is 0 Å². The maximum absolute atomic E-state index is 14.4. The minimum Gasteiger partial charge on any atom is -0.396 e. The molecule has 0 radical (unpaired) electrons. The highest BCUT2D eigenvalue weighted by atomic mass is 19.1. The second-order valence-electron chi connectivity index (χ2n) is 5.12. The van der Waals surface area contributed by atoms with Crippen LogP contribution < -0.4 is 22.9 Å². The van der Waals surface area contributed by atoms with E-state index in [0.29, 0.717) is 0 Å². The van der Waals surface area contributed by atoms with Crippen molar-refractivity contribution in [2.45, 2.75) is 0 Å². The molecule has 2 aromatic heterocycles. The van der Waals surface area contributed by atoms with Crippen LogP contribution in [0.25, 0.3) is 22.4 Å². The molecule has 8 N–H and O–H groups in total. The van der Waals surface area contributed by atoms with E-state index in [9.17, 15) is 8.78 Å². The molecule has 0 aliphatic heterocycles. The van der Waals surface area contributed by atoms with Gasteiger partial charge in [-0.05, 0) is 18.2 Å². The van der Waals surface area contributed by atoms with E-state index < -0.39 is 11.6 Å². The second-order valence-corrected chi connectivity index (χ2v) is 5.12. The largest absolute Gasteiger partial charge is 0.396 e. The van der Waals surface area contributed by atoms with Gasteiger partial charge < -0.3 is 22.9 Å². The SMILES string of the molecule is Nc1cc(-c2c(F)cnc(N)c2N)c(-c2ccccc2F)nc1N. The van der Waals surface area contributed by atoms with Gasteiger partial charge in [0.2, 0.25) is 0 Å². The quantitative estimate of drug-likeness (QED) is 0.571. The number of nitrogen functional groups attached to an aromatic ring is 4. The van der Waals surface area contributed by atoms with Gasteiger partial charge in [-0.25, -0.2) is 18.7 Å². The summed E-state index contributed by atoms with van der Waals surface area (Å²) in [5.41, 5.74) is 23.4. The number of aromatic nitrogens is 2. The van der Waals surface area contributed by atoms with Crippen LogP contribution in [0.15, 0.2) is 36.5 Å². The van der Waals surface area contributed by atoms with Gasteiger partial charge >= 0.3 is 0 Å². The van der Waals surface area contributed by atoms with Crippen LogP contribution in [0.1, 0.15) is 0 Å². The maximum atomic E-state index is 14.4. The zero-order valence-corrected chi connectivity index (χ0v) is 12.4. The van der Waals surface area contributed by atoms with E-state index in [0.717, 1.165) is 6.20 Å². The van der Waals surface area contributed by atoms with Crippen LogP contribution in [0.4, 0.5) is 31.8 Å². The Hall–Kier alpha value is -3.42. The highest BCUT2D eigenvalue weighted by Gasteiger charge is 2.21. The van der Waals surface area contributed by atoms with Gasteiger partial charge in [-0.3, -0.25) is 0 Å². The van der Waals surface area contributed by atoms with E-state index in [1.807, 2.05) is 0 Å². The molecule has 0 saturated heterocycles. The van der Waals surface area contributed by atoms with Gasteiger partial charge in [-0.2, -0.15) is 0 Å². The lowest BCUT2D eigenvalue weighted by molar-refractivity contribution is 0.625. The predicted molar refractivity (Wildman–Crippen MR) is 90.5 cm³/mol. The van der Waals surface area contributed by atoms with Crippen LogP contribution in [-0.2, 0) is 0 Å². The van der Waals surface area contributed by atoms with Crippen molar-refractivity contribution in [3.05, 3.63) is 48.2 Å². The molecule has 3 aromatic rings. The van der Waals surface area contributed by atoms with E-state index in [1.165, 1.54) is 24.3 Å². The fourth-order valence-corrected chi connectivity index (χ4v) is 2.38. The molecule has 0 bridgehead atoms. The molecule has 0 aliphatic rings. The average molecular weight is 328 g/mol. The summed E-state index contributed by atoms with van der Waals surface area (Å²) in [4.78, 5) is 7.77. The summed E-state index contributed by atoms with van der Waals surface area (Å²) in [6, 6.07) is 7.29. The fraction of sp³-hybridized carbons (Fsp3) is 0. The Kier molecular flexibility index (Phi) is 3.64. The molecule has 0 saturated carbocycles. The van der Waals surface area contributed by atoms with Crippen molar-refractivity contribution in [2.75, 3.05) is 22.9 Å². The summed E-state index contributed by atoms with van der Waals surface area (Å²) in [6.45, 7) is 0. The molecular formula is C16H14F2N6. The number of nitrogens with zero attached hydrogens (tertiary/aromatic N) is 2. The van der Waals surface area contributed by atoms with Gasteiger partial charge in [-0.15, -0.1) is 0 Å². The van der Waals surface area contributed by atoms with Gasteiger partial charge in [0.15, 0.2) is 5.82 Å². The molecule has 1 aromatic carbocycles. The second kappa shape index (κ2) is 5.65. The van der Waals surface area contributed by atoms with Gasteiger partial charge in [-0.1, -0.05) is 12.1 Å². The minimum absolute atomic E-state index is 0.00184. The molecule has 0 amide bonds. The summed E-state index contributed by atoms with van der Waals surface area (Å²) in [6.07, 6.45) is 0.929. The van der Waals surface area contributed by atoms with Gasteiger partial charge in [0.1, 0.15) is 17.5 Å². The standard InChI is InChI=1S/C16H14F2N6/c17-9-4-2-1-3-7(9)14-8(5-11(19)15(21)24-14)12-10(18)6-23-16(22)13(12)20/h1-6H,19-20H2,(H2,21,24)(H2,22,23). The van der Waals surface area contributed by atoms with Gasteiger partial charge in [0.05, 0.1) is 23.3 Å². The molecule has 0 aliphatic carbocycles. The first-order valence-electron chi connectivity index (χ1n) is 6.91. The van der Waals surface area contributed by atoms with Crippen LogP contribution in [0.3, 0.4) is 0 Å². The lowest BCUT2D eigenvalue weighted by Crippen LogP contribution is -2.06. The van der Waals surface area contributed by atoms with Crippen LogP contribution in [0.5, 0.6) is 0 Å². The number of pyridine rings is 2. The molecule has 0 spiro atoms. The van der Waals surface area contributed by atoms with E-state index in [2.05, 4.69) is 9.97 Å². The normalized spacial score (nSPS) is 10.8. The highest BCUT2D eigenvalue weighted by molar-refractivity contribution is 5.92. The molecule has 6 nitrogen and oxygen atoms in total. The van der Waals surface area contributed by atoms with Gasteiger partial charge in [0.25, 0.3) is 0 Å². The Morgan fingerprint density at radius 3 is 2.25 bits per heavy atom. The molecule has 0 atom stereocenters. The summed E-state index contributed by atoms with van der Waals surface area (Å²) >= 11 is 0. The summed E-state index contributed by atoms with van der Waals surface area (Å²) in [5, 5.41) is 0. The third-order valence-electron chi connectivity index (χ3n) is 3.58. The van der Waals surface area contributed by atoms with Crippen molar-refractivity contribution in [3.8, 4) is 22.4 Å². The van der Waals surface area contributed by atoms with Crippen molar-refractivity contribution in [1.82, 2.24) is 9.97 Å². The van der Waals surface area contributed by atoms with E-state index in [-0.39, 0.29) is 45.4 Å². The number of halogens is 2. The smallest absolute Gasteiger partial charge is 0.151 e. The summed E-state index contributed by atoms with van der Waals surface area (Å²) in [7, 11) is 0. The number of hydrogen-bond acceptors (Lipinski definition) is 6.